The Kier molecular flexibility index (Phi) is 5.61. The van der Waals surface area contributed by atoms with Crippen LogP contribution in [0, 0.1) is 5.92 Å². The van der Waals surface area contributed by atoms with Crippen LogP contribution in [0.1, 0.15) is 17.3 Å². The fourth-order valence-corrected chi connectivity index (χ4v) is 4.16. The van der Waals surface area contributed by atoms with Gasteiger partial charge in [-0.05, 0) is 37.9 Å². The van der Waals surface area contributed by atoms with E-state index in [1.165, 1.54) is 11.3 Å². The van der Waals surface area contributed by atoms with Gasteiger partial charge in [-0.15, -0.1) is 11.3 Å². The summed E-state index contributed by atoms with van der Waals surface area (Å²) in [6.07, 6.45) is 0. The SMILES string of the molecule is CC(CN(C)C(=O)c1cc(Br)sc1Br)/C(N)=N/O. The summed E-state index contributed by atoms with van der Waals surface area (Å²) in [5, 5.41) is 11.5. The lowest BCUT2D eigenvalue weighted by Gasteiger charge is -2.20. The quantitative estimate of drug-likeness (QED) is 0.354. The van der Waals surface area contributed by atoms with Gasteiger partial charge in [0, 0.05) is 19.5 Å². The van der Waals surface area contributed by atoms with Crippen molar-refractivity contribution in [2.45, 2.75) is 6.92 Å². The van der Waals surface area contributed by atoms with Crippen LogP contribution in [0.15, 0.2) is 18.8 Å². The van der Waals surface area contributed by atoms with Crippen molar-refractivity contribution in [1.29, 1.82) is 0 Å². The number of nitrogens with zero attached hydrogens (tertiary/aromatic N) is 2. The van der Waals surface area contributed by atoms with E-state index in [-0.39, 0.29) is 17.7 Å². The van der Waals surface area contributed by atoms with Crippen molar-refractivity contribution in [3.8, 4) is 0 Å². The summed E-state index contributed by atoms with van der Waals surface area (Å²) in [5.41, 5.74) is 6.08. The third kappa shape index (κ3) is 3.69. The summed E-state index contributed by atoms with van der Waals surface area (Å²) in [6.45, 7) is 2.17. The Morgan fingerprint density at radius 1 is 1.67 bits per heavy atom. The summed E-state index contributed by atoms with van der Waals surface area (Å²) >= 11 is 8.12. The molecule has 8 heteroatoms. The highest BCUT2D eigenvalue weighted by atomic mass is 79.9. The number of rotatable bonds is 4. The molecular formula is C10H13Br2N3O2S. The van der Waals surface area contributed by atoms with E-state index in [0.717, 1.165) is 7.57 Å². The first kappa shape index (κ1) is 15.5. The molecule has 0 spiro atoms. The maximum absolute atomic E-state index is 12.2. The van der Waals surface area contributed by atoms with Crippen molar-refractivity contribution >= 4 is 54.9 Å². The summed E-state index contributed by atoms with van der Waals surface area (Å²) in [5.74, 6) is -0.202. The Bertz CT molecular complexity index is 476. The zero-order chi connectivity index (χ0) is 13.9. The Morgan fingerprint density at radius 3 is 2.72 bits per heavy atom. The molecular weight excluding hydrogens is 386 g/mol. The molecule has 1 atom stereocenters. The van der Waals surface area contributed by atoms with Gasteiger partial charge in [0.2, 0.25) is 0 Å². The molecule has 1 aromatic rings. The summed E-state index contributed by atoms with van der Waals surface area (Å²) in [6, 6.07) is 1.77. The van der Waals surface area contributed by atoms with E-state index in [2.05, 4.69) is 37.0 Å². The molecule has 100 valence electrons. The van der Waals surface area contributed by atoms with Crippen molar-refractivity contribution < 1.29 is 10.0 Å². The topological polar surface area (TPSA) is 78.9 Å². The van der Waals surface area contributed by atoms with Gasteiger partial charge < -0.3 is 15.8 Å². The number of hydrogen-bond acceptors (Lipinski definition) is 4. The maximum Gasteiger partial charge on any atom is 0.255 e. The smallest absolute Gasteiger partial charge is 0.255 e. The number of amidine groups is 1. The second-order valence-corrected chi connectivity index (χ2v) is 7.60. The van der Waals surface area contributed by atoms with Crippen LogP contribution in [0.4, 0.5) is 0 Å². The standard InChI is InChI=1S/C10H13Br2N3O2S/c1-5(9(13)14-17)4-15(2)10(16)6-3-7(11)18-8(6)12/h3,5,17H,4H2,1-2H3,(H2,13,14). The lowest BCUT2D eigenvalue weighted by molar-refractivity contribution is 0.0785. The second-order valence-electron chi connectivity index (χ2n) is 3.85. The van der Waals surface area contributed by atoms with Crippen molar-refractivity contribution in [2.24, 2.45) is 16.8 Å². The maximum atomic E-state index is 12.2. The van der Waals surface area contributed by atoms with Crippen LogP contribution in [-0.4, -0.2) is 35.4 Å². The summed E-state index contributed by atoms with van der Waals surface area (Å²) in [7, 11) is 1.68. The summed E-state index contributed by atoms with van der Waals surface area (Å²) < 4.78 is 1.67. The van der Waals surface area contributed by atoms with E-state index < -0.39 is 0 Å². The molecule has 0 fully saturated rings. The van der Waals surface area contributed by atoms with Crippen molar-refractivity contribution in [3.05, 3.63) is 19.2 Å². The normalized spacial score (nSPS) is 13.4. The van der Waals surface area contributed by atoms with Gasteiger partial charge in [0.1, 0.15) is 5.84 Å². The molecule has 0 radical (unpaired) electrons. The van der Waals surface area contributed by atoms with Gasteiger partial charge in [0.25, 0.3) is 5.91 Å². The minimum atomic E-state index is -0.204. The first-order chi connectivity index (χ1) is 8.36. The average molecular weight is 399 g/mol. The molecule has 1 unspecified atom stereocenters. The lowest BCUT2D eigenvalue weighted by atomic mass is 10.1. The molecule has 0 saturated carbocycles. The first-order valence-corrected chi connectivity index (χ1v) is 7.44. The Balaban J connectivity index is 2.76. The molecule has 0 aromatic carbocycles. The van der Waals surface area contributed by atoms with E-state index in [9.17, 15) is 4.79 Å². The number of thiophene rings is 1. The number of carbonyl (C=O) groups excluding carboxylic acids is 1. The van der Waals surface area contributed by atoms with Crippen LogP contribution >= 0.6 is 43.2 Å². The number of hydrogen-bond donors (Lipinski definition) is 2. The van der Waals surface area contributed by atoms with E-state index in [0.29, 0.717) is 12.1 Å². The van der Waals surface area contributed by atoms with Crippen LogP contribution in [0.2, 0.25) is 0 Å². The van der Waals surface area contributed by atoms with Gasteiger partial charge >= 0.3 is 0 Å². The molecule has 18 heavy (non-hydrogen) atoms. The molecule has 1 aromatic heterocycles. The van der Waals surface area contributed by atoms with E-state index in [1.807, 2.05) is 0 Å². The van der Waals surface area contributed by atoms with E-state index in [4.69, 9.17) is 10.9 Å². The second kappa shape index (κ2) is 6.53. The molecule has 0 aliphatic rings. The lowest BCUT2D eigenvalue weighted by Crippen LogP contribution is -2.36. The molecule has 1 rings (SSSR count). The van der Waals surface area contributed by atoms with Gasteiger partial charge in [0.05, 0.1) is 13.1 Å². The molecule has 0 bridgehead atoms. The van der Waals surface area contributed by atoms with E-state index >= 15 is 0 Å². The zero-order valence-corrected chi connectivity index (χ0v) is 13.8. The van der Waals surface area contributed by atoms with Crippen LogP contribution in [-0.2, 0) is 0 Å². The van der Waals surface area contributed by atoms with Gasteiger partial charge in [0.15, 0.2) is 0 Å². The fourth-order valence-electron chi connectivity index (χ4n) is 1.38. The molecule has 1 heterocycles. The predicted molar refractivity (Wildman–Crippen MR) is 79.3 cm³/mol. The Labute approximate surface area is 126 Å². The average Bonchev–Trinajstić information content (AvgIpc) is 2.66. The van der Waals surface area contributed by atoms with Crippen molar-refractivity contribution in [2.75, 3.05) is 13.6 Å². The van der Waals surface area contributed by atoms with Crippen molar-refractivity contribution in [1.82, 2.24) is 4.90 Å². The minimum absolute atomic E-state index is 0.110. The van der Waals surface area contributed by atoms with E-state index in [1.54, 1.807) is 24.9 Å². The molecule has 1 amide bonds. The Morgan fingerprint density at radius 2 is 2.28 bits per heavy atom. The first-order valence-electron chi connectivity index (χ1n) is 5.04. The highest BCUT2D eigenvalue weighted by Crippen LogP contribution is 2.32. The summed E-state index contributed by atoms with van der Waals surface area (Å²) in [4.78, 5) is 13.7. The molecule has 0 aliphatic heterocycles. The largest absolute Gasteiger partial charge is 0.409 e. The molecule has 0 saturated heterocycles. The number of oxime groups is 1. The number of amides is 1. The highest BCUT2D eigenvalue weighted by molar-refractivity contribution is 9.12. The molecule has 3 N–H and O–H groups in total. The highest BCUT2D eigenvalue weighted by Gasteiger charge is 2.20. The van der Waals surface area contributed by atoms with Crippen LogP contribution in [0.25, 0.3) is 0 Å². The number of nitrogens with two attached hydrogens (primary N) is 1. The van der Waals surface area contributed by atoms with Crippen LogP contribution in [0.3, 0.4) is 0 Å². The number of halogens is 2. The third-order valence-electron chi connectivity index (χ3n) is 2.40. The van der Waals surface area contributed by atoms with Gasteiger partial charge in [-0.1, -0.05) is 12.1 Å². The van der Waals surface area contributed by atoms with Gasteiger partial charge in [-0.2, -0.15) is 0 Å². The van der Waals surface area contributed by atoms with Crippen LogP contribution < -0.4 is 5.73 Å². The third-order valence-corrected chi connectivity index (χ3v) is 4.74. The molecule has 5 nitrogen and oxygen atoms in total. The van der Waals surface area contributed by atoms with Crippen molar-refractivity contribution in [3.63, 3.8) is 0 Å². The molecule has 0 aliphatic carbocycles. The Hall–Kier alpha value is -0.600. The number of carbonyl (C=O) groups is 1. The van der Waals surface area contributed by atoms with Gasteiger partial charge in [-0.3, -0.25) is 4.79 Å². The van der Waals surface area contributed by atoms with Crippen LogP contribution in [0.5, 0.6) is 0 Å². The fraction of sp³-hybridized carbons (Fsp3) is 0.400. The van der Waals surface area contributed by atoms with Gasteiger partial charge in [-0.25, -0.2) is 0 Å². The zero-order valence-electron chi connectivity index (χ0n) is 9.85. The minimum Gasteiger partial charge on any atom is -0.409 e. The predicted octanol–water partition coefficient (Wildman–Crippen LogP) is 2.73. The monoisotopic (exact) mass is 397 g/mol.